The first-order valence-corrected chi connectivity index (χ1v) is 9.74. The first kappa shape index (κ1) is 18.5. The lowest BCUT2D eigenvalue weighted by Gasteiger charge is -2.14. The van der Waals surface area contributed by atoms with Crippen LogP contribution in [0.25, 0.3) is 16.6 Å². The van der Waals surface area contributed by atoms with Crippen molar-refractivity contribution in [3.8, 4) is 11.8 Å². The molecule has 132 valence electrons. The molecule has 3 rings (SSSR count). The number of aromatic nitrogens is 2. The Hall–Kier alpha value is -2.29. The van der Waals surface area contributed by atoms with E-state index >= 15 is 0 Å². The number of fused-ring (bicyclic) bond motifs is 1. The van der Waals surface area contributed by atoms with Gasteiger partial charge in [0.05, 0.1) is 28.4 Å². The predicted molar refractivity (Wildman–Crippen MR) is 107 cm³/mol. The number of hydrogen-bond donors (Lipinski definition) is 0. The number of nitrogens with zero attached hydrogens (tertiary/aromatic N) is 3. The summed E-state index contributed by atoms with van der Waals surface area (Å²) in [7, 11) is 0. The van der Waals surface area contributed by atoms with Crippen LogP contribution in [0, 0.1) is 11.3 Å². The van der Waals surface area contributed by atoms with Gasteiger partial charge in [-0.05, 0) is 48.2 Å². The third kappa shape index (κ3) is 3.62. The zero-order valence-corrected chi connectivity index (χ0v) is 16.1. The van der Waals surface area contributed by atoms with E-state index in [2.05, 4.69) is 24.9 Å². The SMILES string of the molecule is CC[C@@H](C)c1ccc(-n2c(SCC#N)nc3cc(Cl)ccc3c2=O)cc1. The fraction of sp³-hybridized carbons (Fsp3) is 0.250. The second kappa shape index (κ2) is 7.94. The largest absolute Gasteiger partial charge is 0.268 e. The molecule has 0 saturated carbocycles. The molecule has 0 unspecified atom stereocenters. The molecule has 0 saturated heterocycles. The summed E-state index contributed by atoms with van der Waals surface area (Å²) >= 11 is 7.28. The Labute approximate surface area is 161 Å². The van der Waals surface area contributed by atoms with Crippen LogP contribution in [-0.4, -0.2) is 15.3 Å². The van der Waals surface area contributed by atoms with E-state index in [0.29, 0.717) is 27.0 Å². The number of benzene rings is 2. The van der Waals surface area contributed by atoms with Crippen molar-refractivity contribution < 1.29 is 0 Å². The number of hydrogen-bond acceptors (Lipinski definition) is 4. The van der Waals surface area contributed by atoms with Crippen molar-refractivity contribution in [2.45, 2.75) is 31.3 Å². The highest BCUT2D eigenvalue weighted by atomic mass is 35.5. The summed E-state index contributed by atoms with van der Waals surface area (Å²) in [6.45, 7) is 4.33. The molecule has 0 N–H and O–H groups in total. The first-order chi connectivity index (χ1) is 12.5. The van der Waals surface area contributed by atoms with Crippen molar-refractivity contribution in [2.24, 2.45) is 0 Å². The highest BCUT2D eigenvalue weighted by molar-refractivity contribution is 7.99. The summed E-state index contributed by atoms with van der Waals surface area (Å²) in [6, 6.07) is 15.1. The third-order valence-corrected chi connectivity index (χ3v) is 5.44. The highest BCUT2D eigenvalue weighted by Gasteiger charge is 2.14. The normalized spacial score (nSPS) is 12.1. The topological polar surface area (TPSA) is 58.7 Å². The van der Waals surface area contributed by atoms with Crippen LogP contribution in [0.2, 0.25) is 5.02 Å². The average Bonchev–Trinajstić information content (AvgIpc) is 2.65. The second-order valence-electron chi connectivity index (χ2n) is 6.04. The smallest absolute Gasteiger partial charge is 0.266 e. The molecule has 4 nitrogen and oxygen atoms in total. The van der Waals surface area contributed by atoms with E-state index in [1.54, 1.807) is 22.8 Å². The highest BCUT2D eigenvalue weighted by Crippen LogP contribution is 2.24. The summed E-state index contributed by atoms with van der Waals surface area (Å²) in [4.78, 5) is 17.7. The molecule has 1 atom stereocenters. The van der Waals surface area contributed by atoms with E-state index in [0.717, 1.165) is 12.1 Å². The lowest BCUT2D eigenvalue weighted by molar-refractivity contribution is 0.732. The van der Waals surface area contributed by atoms with Crippen molar-refractivity contribution >= 4 is 34.3 Å². The molecule has 0 aliphatic rings. The molecule has 0 fully saturated rings. The molecular weight excluding hydrogens is 366 g/mol. The second-order valence-corrected chi connectivity index (χ2v) is 7.42. The van der Waals surface area contributed by atoms with Crippen LogP contribution in [0.15, 0.2) is 52.4 Å². The molecular formula is C20H18ClN3OS. The van der Waals surface area contributed by atoms with Gasteiger partial charge in [0.25, 0.3) is 5.56 Å². The Morgan fingerprint density at radius 3 is 2.65 bits per heavy atom. The molecule has 2 aromatic carbocycles. The van der Waals surface area contributed by atoms with Crippen LogP contribution >= 0.6 is 23.4 Å². The van der Waals surface area contributed by atoms with Gasteiger partial charge in [-0.3, -0.25) is 9.36 Å². The summed E-state index contributed by atoms with van der Waals surface area (Å²) in [5.74, 6) is 0.675. The number of rotatable bonds is 5. The summed E-state index contributed by atoms with van der Waals surface area (Å²) < 4.78 is 1.57. The molecule has 0 spiro atoms. The number of nitriles is 1. The van der Waals surface area contributed by atoms with Gasteiger partial charge in [0.1, 0.15) is 0 Å². The van der Waals surface area contributed by atoms with E-state index in [-0.39, 0.29) is 11.3 Å². The minimum Gasteiger partial charge on any atom is -0.268 e. The quantitative estimate of drug-likeness (QED) is 0.450. The van der Waals surface area contributed by atoms with Crippen molar-refractivity contribution in [3.63, 3.8) is 0 Å². The summed E-state index contributed by atoms with van der Waals surface area (Å²) in [6.07, 6.45) is 1.06. The summed E-state index contributed by atoms with van der Waals surface area (Å²) in [5.41, 5.74) is 2.35. The fourth-order valence-corrected chi connectivity index (χ4v) is 3.59. The Morgan fingerprint density at radius 2 is 2.00 bits per heavy atom. The van der Waals surface area contributed by atoms with Gasteiger partial charge in [0, 0.05) is 5.02 Å². The van der Waals surface area contributed by atoms with Crippen LogP contribution in [-0.2, 0) is 0 Å². The molecule has 6 heteroatoms. The zero-order chi connectivity index (χ0) is 18.7. The maximum absolute atomic E-state index is 13.1. The molecule has 0 aliphatic carbocycles. The van der Waals surface area contributed by atoms with Gasteiger partial charge in [0.15, 0.2) is 5.16 Å². The van der Waals surface area contributed by atoms with Crippen molar-refractivity contribution in [3.05, 3.63) is 63.4 Å². The van der Waals surface area contributed by atoms with Crippen LogP contribution in [0.5, 0.6) is 0 Å². The monoisotopic (exact) mass is 383 g/mol. The van der Waals surface area contributed by atoms with Crippen molar-refractivity contribution in [1.29, 1.82) is 5.26 Å². The molecule has 0 radical (unpaired) electrons. The maximum atomic E-state index is 13.1. The molecule has 0 bridgehead atoms. The Kier molecular flexibility index (Phi) is 5.65. The van der Waals surface area contributed by atoms with E-state index in [9.17, 15) is 4.79 Å². The Bertz CT molecular complexity index is 1040. The number of thioether (sulfide) groups is 1. The Balaban J connectivity index is 2.19. The molecule has 1 aromatic heterocycles. The van der Waals surface area contributed by atoms with E-state index in [1.165, 1.54) is 17.3 Å². The van der Waals surface area contributed by atoms with Gasteiger partial charge in [-0.25, -0.2) is 4.98 Å². The van der Waals surface area contributed by atoms with Crippen LogP contribution in [0.1, 0.15) is 31.7 Å². The molecule has 1 heterocycles. The minimum absolute atomic E-state index is 0.164. The number of halogens is 1. The van der Waals surface area contributed by atoms with Gasteiger partial charge in [-0.15, -0.1) is 0 Å². The average molecular weight is 384 g/mol. The van der Waals surface area contributed by atoms with Crippen LogP contribution < -0.4 is 5.56 Å². The lowest BCUT2D eigenvalue weighted by Crippen LogP contribution is -2.21. The molecule has 3 aromatic rings. The van der Waals surface area contributed by atoms with Crippen molar-refractivity contribution in [2.75, 3.05) is 5.75 Å². The Morgan fingerprint density at radius 1 is 1.27 bits per heavy atom. The maximum Gasteiger partial charge on any atom is 0.266 e. The van der Waals surface area contributed by atoms with Crippen molar-refractivity contribution in [1.82, 2.24) is 9.55 Å². The molecule has 0 amide bonds. The van der Waals surface area contributed by atoms with Gasteiger partial charge in [-0.1, -0.05) is 49.3 Å². The van der Waals surface area contributed by atoms with E-state index in [4.69, 9.17) is 16.9 Å². The molecule has 0 aliphatic heterocycles. The summed E-state index contributed by atoms with van der Waals surface area (Å²) in [5, 5.41) is 10.4. The van der Waals surface area contributed by atoms with Gasteiger partial charge >= 0.3 is 0 Å². The van der Waals surface area contributed by atoms with Gasteiger partial charge in [0.2, 0.25) is 0 Å². The van der Waals surface area contributed by atoms with E-state index < -0.39 is 0 Å². The van der Waals surface area contributed by atoms with Gasteiger partial charge < -0.3 is 0 Å². The predicted octanol–water partition coefficient (Wildman–Crippen LogP) is 5.17. The minimum atomic E-state index is -0.164. The molecule has 26 heavy (non-hydrogen) atoms. The van der Waals surface area contributed by atoms with Crippen LogP contribution in [0.3, 0.4) is 0 Å². The fourth-order valence-electron chi connectivity index (χ4n) is 2.75. The van der Waals surface area contributed by atoms with E-state index in [1.807, 2.05) is 24.3 Å². The first-order valence-electron chi connectivity index (χ1n) is 8.37. The van der Waals surface area contributed by atoms with Crippen LogP contribution in [0.4, 0.5) is 0 Å². The lowest BCUT2D eigenvalue weighted by atomic mass is 9.98. The zero-order valence-electron chi connectivity index (χ0n) is 14.6. The van der Waals surface area contributed by atoms with Gasteiger partial charge in [-0.2, -0.15) is 5.26 Å². The standard InChI is InChI=1S/C20H18ClN3OS/c1-3-13(2)14-4-7-16(8-5-14)24-19(25)17-9-6-15(21)12-18(17)23-20(24)26-11-10-22/h4-9,12-13H,3,11H2,1-2H3/t13-/m1/s1. The third-order valence-electron chi connectivity index (χ3n) is 4.40.